The Kier molecular flexibility index (Phi) is 6.16. The van der Waals surface area contributed by atoms with Crippen LogP contribution in [0.2, 0.25) is 0 Å². The van der Waals surface area contributed by atoms with Gasteiger partial charge in [0.1, 0.15) is 0 Å². The molecule has 0 bridgehead atoms. The lowest BCUT2D eigenvalue weighted by Gasteiger charge is -2.13. The number of ether oxygens (including phenoxy) is 1. The summed E-state index contributed by atoms with van der Waals surface area (Å²) in [6.07, 6.45) is 1.22. The number of nitro groups is 1. The zero-order chi connectivity index (χ0) is 13.5. The summed E-state index contributed by atoms with van der Waals surface area (Å²) in [7, 11) is 5.59. The van der Waals surface area contributed by atoms with Gasteiger partial charge in [0.05, 0.1) is 4.92 Å². The third-order valence-corrected chi connectivity index (χ3v) is 5.33. The first-order valence-corrected chi connectivity index (χ1v) is 8.47. The number of nitro benzene ring substituents is 1. The molecular weight excluding hydrogens is 296 g/mol. The maximum Gasteiger partial charge on any atom is 0.425 e. The highest BCUT2D eigenvalue weighted by atomic mass is 33.5. The molecule has 98 valence electrons. The highest BCUT2D eigenvalue weighted by Crippen LogP contribution is 2.35. The van der Waals surface area contributed by atoms with Gasteiger partial charge in [-0.1, -0.05) is 22.9 Å². The molecule has 1 amide bonds. The molecule has 0 aromatic heterocycles. The average molecular weight is 306 g/mol. The van der Waals surface area contributed by atoms with E-state index in [2.05, 4.69) is 0 Å². The fraction of sp³-hybridized carbons (Fsp3) is 0.222. The van der Waals surface area contributed by atoms with Crippen LogP contribution in [0.15, 0.2) is 24.3 Å². The number of hydrogen-bond acceptors (Lipinski definition) is 7. The first-order valence-electron chi connectivity index (χ1n) is 4.62. The van der Waals surface area contributed by atoms with E-state index in [0.717, 1.165) is 0 Å². The van der Waals surface area contributed by atoms with Gasteiger partial charge in [0, 0.05) is 24.1 Å². The van der Waals surface area contributed by atoms with Gasteiger partial charge in [0.25, 0.3) is 0 Å². The Labute approximate surface area is 116 Å². The standard InChI is InChI=1S/C9H10N2O4S3/c1-10(17-18-16-2)9(12)15-8-6-4-3-5-7(8)11(13)14/h3-6H,1-2H3. The highest BCUT2D eigenvalue weighted by molar-refractivity contribution is 9.08. The van der Waals surface area contributed by atoms with E-state index in [4.69, 9.17) is 4.74 Å². The van der Waals surface area contributed by atoms with Crippen molar-refractivity contribution in [3.8, 4) is 5.75 Å². The summed E-state index contributed by atoms with van der Waals surface area (Å²) in [5.74, 6) is -0.0610. The fourth-order valence-corrected chi connectivity index (χ4v) is 3.22. The van der Waals surface area contributed by atoms with Crippen LogP contribution in [0.1, 0.15) is 0 Å². The van der Waals surface area contributed by atoms with Crippen LogP contribution in [-0.4, -0.2) is 28.6 Å². The van der Waals surface area contributed by atoms with Crippen LogP contribution in [0.25, 0.3) is 0 Å². The topological polar surface area (TPSA) is 72.7 Å². The molecule has 0 aliphatic rings. The van der Waals surface area contributed by atoms with Gasteiger partial charge < -0.3 is 4.74 Å². The Morgan fingerprint density at radius 2 is 2.11 bits per heavy atom. The van der Waals surface area contributed by atoms with Crippen molar-refractivity contribution in [2.75, 3.05) is 13.3 Å². The minimum atomic E-state index is -0.657. The Balaban J connectivity index is 2.72. The van der Waals surface area contributed by atoms with Crippen molar-refractivity contribution in [3.63, 3.8) is 0 Å². The lowest BCUT2D eigenvalue weighted by Crippen LogP contribution is -2.22. The second-order valence-corrected chi connectivity index (χ2v) is 7.15. The third-order valence-electron chi connectivity index (χ3n) is 1.73. The van der Waals surface area contributed by atoms with Gasteiger partial charge in [-0.15, -0.1) is 0 Å². The number of rotatable bonds is 5. The number of carbonyl (C=O) groups is 1. The van der Waals surface area contributed by atoms with Crippen LogP contribution < -0.4 is 4.74 Å². The summed E-state index contributed by atoms with van der Waals surface area (Å²) < 4.78 is 6.23. The van der Waals surface area contributed by atoms with Crippen LogP contribution in [-0.2, 0) is 0 Å². The molecule has 0 spiro atoms. The van der Waals surface area contributed by atoms with Crippen molar-refractivity contribution in [3.05, 3.63) is 34.4 Å². The molecule has 1 aromatic carbocycles. The van der Waals surface area contributed by atoms with Crippen molar-refractivity contribution in [2.45, 2.75) is 0 Å². The molecule has 18 heavy (non-hydrogen) atoms. The van der Waals surface area contributed by atoms with Crippen molar-refractivity contribution in [1.29, 1.82) is 0 Å². The quantitative estimate of drug-likeness (QED) is 0.356. The number of amides is 1. The van der Waals surface area contributed by atoms with E-state index < -0.39 is 11.0 Å². The van der Waals surface area contributed by atoms with E-state index in [1.165, 1.54) is 61.2 Å². The largest absolute Gasteiger partial charge is 0.425 e. The van der Waals surface area contributed by atoms with E-state index in [1.54, 1.807) is 6.07 Å². The molecule has 0 aliphatic heterocycles. The van der Waals surface area contributed by atoms with Gasteiger partial charge in [0.15, 0.2) is 0 Å². The first-order chi connectivity index (χ1) is 8.56. The summed E-state index contributed by atoms with van der Waals surface area (Å²) >= 11 is 0. The molecule has 0 heterocycles. The summed E-state index contributed by atoms with van der Waals surface area (Å²) in [5, 5.41) is 10.7. The summed E-state index contributed by atoms with van der Waals surface area (Å²) in [6, 6.07) is 5.75. The molecule has 1 rings (SSSR count). The number of nitrogens with zero attached hydrogens (tertiary/aromatic N) is 2. The lowest BCUT2D eigenvalue weighted by molar-refractivity contribution is -0.385. The molecule has 0 saturated heterocycles. The highest BCUT2D eigenvalue weighted by Gasteiger charge is 2.19. The molecule has 0 aliphatic carbocycles. The zero-order valence-corrected chi connectivity index (χ0v) is 12.0. The Morgan fingerprint density at radius 1 is 1.44 bits per heavy atom. The van der Waals surface area contributed by atoms with Crippen molar-refractivity contribution in [1.82, 2.24) is 4.31 Å². The maximum absolute atomic E-state index is 11.6. The Morgan fingerprint density at radius 3 is 2.72 bits per heavy atom. The second kappa shape index (κ2) is 7.39. The van der Waals surface area contributed by atoms with Gasteiger partial charge in [-0.25, -0.2) is 9.10 Å². The van der Waals surface area contributed by atoms with E-state index in [0.29, 0.717) is 0 Å². The molecule has 0 unspecified atom stereocenters. The van der Waals surface area contributed by atoms with Crippen LogP contribution in [0.5, 0.6) is 5.75 Å². The molecule has 0 fully saturated rings. The molecule has 9 heteroatoms. The predicted octanol–water partition coefficient (Wildman–Crippen LogP) is 3.60. The van der Waals surface area contributed by atoms with Gasteiger partial charge in [-0.2, -0.15) is 0 Å². The van der Waals surface area contributed by atoms with E-state index in [1.807, 2.05) is 6.26 Å². The molecule has 0 radical (unpaired) electrons. The van der Waals surface area contributed by atoms with Gasteiger partial charge in [-0.3, -0.25) is 10.1 Å². The molecule has 6 nitrogen and oxygen atoms in total. The molecule has 0 saturated carbocycles. The van der Waals surface area contributed by atoms with E-state index >= 15 is 0 Å². The normalized spacial score (nSPS) is 9.89. The van der Waals surface area contributed by atoms with Crippen molar-refractivity contribution < 1.29 is 14.5 Å². The van der Waals surface area contributed by atoms with Crippen LogP contribution in [0.3, 0.4) is 0 Å². The number of hydrogen-bond donors (Lipinski definition) is 0. The fourth-order valence-electron chi connectivity index (χ4n) is 0.959. The van der Waals surface area contributed by atoms with Gasteiger partial charge in [0.2, 0.25) is 5.75 Å². The van der Waals surface area contributed by atoms with Gasteiger partial charge >= 0.3 is 11.8 Å². The average Bonchev–Trinajstić information content (AvgIpc) is 2.36. The molecule has 0 atom stereocenters. The first kappa shape index (κ1) is 15.0. The van der Waals surface area contributed by atoms with E-state index in [9.17, 15) is 14.9 Å². The van der Waals surface area contributed by atoms with Crippen molar-refractivity contribution in [2.24, 2.45) is 0 Å². The van der Waals surface area contributed by atoms with Crippen LogP contribution in [0, 0.1) is 10.1 Å². The molecule has 0 N–H and O–H groups in total. The lowest BCUT2D eigenvalue weighted by atomic mass is 10.3. The minimum absolute atomic E-state index is 0.0610. The monoisotopic (exact) mass is 306 g/mol. The second-order valence-electron chi connectivity index (χ2n) is 2.90. The smallest absolute Gasteiger partial charge is 0.402 e. The Bertz CT molecular complexity index is 444. The zero-order valence-electron chi connectivity index (χ0n) is 9.56. The maximum atomic E-state index is 11.6. The number of carbonyl (C=O) groups excluding carboxylic acids is 1. The van der Waals surface area contributed by atoms with E-state index in [-0.39, 0.29) is 11.4 Å². The van der Waals surface area contributed by atoms with Crippen LogP contribution >= 0.6 is 31.6 Å². The molecule has 1 aromatic rings. The summed E-state index contributed by atoms with van der Waals surface area (Å²) in [5.41, 5.74) is -0.234. The number of para-hydroxylation sites is 2. The molecular formula is C9H10N2O4S3. The third kappa shape index (κ3) is 4.31. The van der Waals surface area contributed by atoms with Crippen LogP contribution in [0.4, 0.5) is 10.5 Å². The van der Waals surface area contributed by atoms with Crippen molar-refractivity contribution >= 4 is 43.4 Å². The SMILES string of the molecule is CSSSN(C)C(=O)Oc1ccccc1[N+](=O)[O-]. The number of benzene rings is 1. The summed E-state index contributed by atoms with van der Waals surface area (Å²) in [6.45, 7) is 0. The van der Waals surface area contributed by atoms with Gasteiger partial charge in [-0.05, 0) is 22.1 Å². The summed E-state index contributed by atoms with van der Waals surface area (Å²) in [4.78, 5) is 21.8. The minimum Gasteiger partial charge on any atom is -0.402 e. The predicted molar refractivity (Wildman–Crippen MR) is 75.6 cm³/mol. The Hall–Kier alpha value is -1.06.